The zero-order valence-corrected chi connectivity index (χ0v) is 16.5. The average molecular weight is 419 g/mol. The molecule has 2 heterocycles. The van der Waals surface area contributed by atoms with Crippen LogP contribution in [-0.2, 0) is 14.8 Å². The van der Waals surface area contributed by atoms with Crippen molar-refractivity contribution in [3.63, 3.8) is 0 Å². The minimum atomic E-state index is -3.75. The predicted octanol–water partition coefficient (Wildman–Crippen LogP) is 4.16. The number of carbonyl (C=O) groups excluding carboxylic acids is 1. The standard InChI is InChI=1S/C16H16Cl2N2O3S2/c1-10-4-5-12(11(17)9-10)19-16(21)13-3-2-8-20(13)25(22,23)15-7-6-14(18)24-15/h4-7,9,13H,2-3,8H2,1H3,(H,19,21)/t13-/m0/s1. The van der Waals surface area contributed by atoms with Gasteiger partial charge in [0, 0.05) is 6.54 Å². The summed E-state index contributed by atoms with van der Waals surface area (Å²) < 4.78 is 27.4. The van der Waals surface area contributed by atoms with Crippen molar-refractivity contribution >= 4 is 56.2 Å². The molecule has 0 unspecified atom stereocenters. The van der Waals surface area contributed by atoms with E-state index in [-0.39, 0.29) is 10.1 Å². The molecule has 0 aliphatic carbocycles. The van der Waals surface area contributed by atoms with Crippen LogP contribution in [0.4, 0.5) is 5.69 Å². The van der Waals surface area contributed by atoms with Crippen LogP contribution in [0.15, 0.2) is 34.5 Å². The quantitative estimate of drug-likeness (QED) is 0.810. The first kappa shape index (κ1) is 18.7. The third-order valence-corrected chi connectivity index (χ3v) is 7.92. The maximum Gasteiger partial charge on any atom is 0.253 e. The number of nitrogens with zero attached hydrogens (tertiary/aromatic N) is 1. The van der Waals surface area contributed by atoms with Gasteiger partial charge in [0.15, 0.2) is 0 Å². The van der Waals surface area contributed by atoms with Gasteiger partial charge in [-0.3, -0.25) is 4.79 Å². The highest BCUT2D eigenvalue weighted by molar-refractivity contribution is 7.91. The maximum atomic E-state index is 12.8. The number of hydrogen-bond acceptors (Lipinski definition) is 4. The second kappa shape index (κ2) is 7.25. The van der Waals surface area contributed by atoms with Gasteiger partial charge in [-0.15, -0.1) is 11.3 Å². The highest BCUT2D eigenvalue weighted by atomic mass is 35.5. The molecule has 1 amide bonds. The lowest BCUT2D eigenvalue weighted by Crippen LogP contribution is -2.42. The molecular formula is C16H16Cl2N2O3S2. The molecule has 1 aromatic carbocycles. The van der Waals surface area contributed by atoms with Crippen molar-refractivity contribution in [2.45, 2.75) is 30.0 Å². The van der Waals surface area contributed by atoms with Gasteiger partial charge in [-0.1, -0.05) is 29.3 Å². The van der Waals surface area contributed by atoms with Crippen molar-refractivity contribution in [2.75, 3.05) is 11.9 Å². The summed E-state index contributed by atoms with van der Waals surface area (Å²) in [5.74, 6) is -0.380. The van der Waals surface area contributed by atoms with E-state index in [4.69, 9.17) is 23.2 Å². The molecule has 1 atom stereocenters. The molecule has 0 saturated carbocycles. The molecular weight excluding hydrogens is 403 g/mol. The summed E-state index contributed by atoms with van der Waals surface area (Å²) >= 11 is 13.0. The molecule has 1 fully saturated rings. The molecule has 2 aromatic rings. The van der Waals surface area contributed by atoms with E-state index in [2.05, 4.69) is 5.32 Å². The van der Waals surface area contributed by atoms with E-state index in [1.807, 2.05) is 13.0 Å². The van der Waals surface area contributed by atoms with Crippen LogP contribution in [0.1, 0.15) is 18.4 Å². The largest absolute Gasteiger partial charge is 0.323 e. The van der Waals surface area contributed by atoms with Gasteiger partial charge in [0.1, 0.15) is 10.3 Å². The fraction of sp³-hybridized carbons (Fsp3) is 0.312. The van der Waals surface area contributed by atoms with Gasteiger partial charge in [0.2, 0.25) is 5.91 Å². The molecule has 1 aliphatic heterocycles. The third-order valence-electron chi connectivity index (χ3n) is 4.00. The van der Waals surface area contributed by atoms with E-state index in [1.54, 1.807) is 12.1 Å². The normalized spacial score (nSPS) is 18.4. The number of carbonyl (C=O) groups is 1. The first-order chi connectivity index (χ1) is 11.8. The molecule has 25 heavy (non-hydrogen) atoms. The van der Waals surface area contributed by atoms with Crippen molar-refractivity contribution in [3.8, 4) is 0 Å². The smallest absolute Gasteiger partial charge is 0.253 e. The molecule has 9 heteroatoms. The number of rotatable bonds is 4. The minimum absolute atomic E-state index is 0.144. The fourth-order valence-electron chi connectivity index (χ4n) is 2.78. The first-order valence-corrected chi connectivity index (χ1v) is 10.6. The van der Waals surface area contributed by atoms with Gasteiger partial charge >= 0.3 is 0 Å². The van der Waals surface area contributed by atoms with Crippen molar-refractivity contribution in [1.29, 1.82) is 0 Å². The highest BCUT2D eigenvalue weighted by Crippen LogP contribution is 2.33. The Kier molecular flexibility index (Phi) is 5.41. The summed E-state index contributed by atoms with van der Waals surface area (Å²) in [7, 11) is -3.75. The Balaban J connectivity index is 1.82. The SMILES string of the molecule is Cc1ccc(NC(=O)[C@@H]2CCCN2S(=O)(=O)c2ccc(Cl)s2)c(Cl)c1. The Morgan fingerprint density at radius 1 is 1.28 bits per heavy atom. The number of halogens is 2. The Bertz CT molecular complexity index is 912. The average Bonchev–Trinajstić information content (AvgIpc) is 3.19. The summed E-state index contributed by atoms with van der Waals surface area (Å²) in [6.07, 6.45) is 1.09. The number of nitrogens with one attached hydrogen (secondary N) is 1. The van der Waals surface area contributed by atoms with Crippen molar-refractivity contribution < 1.29 is 13.2 Å². The first-order valence-electron chi connectivity index (χ1n) is 7.63. The number of thiophene rings is 1. The molecule has 1 N–H and O–H groups in total. The highest BCUT2D eigenvalue weighted by Gasteiger charge is 2.40. The van der Waals surface area contributed by atoms with E-state index in [1.165, 1.54) is 16.4 Å². The lowest BCUT2D eigenvalue weighted by molar-refractivity contribution is -0.119. The summed E-state index contributed by atoms with van der Waals surface area (Å²) in [4.78, 5) is 12.6. The van der Waals surface area contributed by atoms with Crippen molar-refractivity contribution in [1.82, 2.24) is 4.31 Å². The lowest BCUT2D eigenvalue weighted by atomic mass is 10.2. The Morgan fingerprint density at radius 2 is 2.04 bits per heavy atom. The number of amides is 1. The molecule has 134 valence electrons. The molecule has 0 bridgehead atoms. The van der Waals surface area contributed by atoms with Gasteiger partial charge < -0.3 is 5.32 Å². The van der Waals surface area contributed by atoms with Crippen molar-refractivity contribution in [2.24, 2.45) is 0 Å². The monoisotopic (exact) mass is 418 g/mol. The van der Waals surface area contributed by atoms with Crippen LogP contribution in [0.5, 0.6) is 0 Å². The fourth-order valence-corrected chi connectivity index (χ4v) is 6.33. The van der Waals surface area contributed by atoms with E-state index >= 15 is 0 Å². The maximum absolute atomic E-state index is 12.8. The Morgan fingerprint density at radius 3 is 2.68 bits per heavy atom. The molecule has 1 aromatic heterocycles. The van der Waals surface area contributed by atoms with Gasteiger partial charge in [-0.25, -0.2) is 8.42 Å². The summed E-state index contributed by atoms with van der Waals surface area (Å²) in [5.41, 5.74) is 1.45. The number of hydrogen-bond donors (Lipinski definition) is 1. The van der Waals surface area contributed by atoms with Gasteiger partial charge in [0.25, 0.3) is 10.0 Å². The Labute approximate surface area is 160 Å². The van der Waals surface area contributed by atoms with Crippen LogP contribution < -0.4 is 5.32 Å². The summed E-state index contributed by atoms with van der Waals surface area (Å²) in [6.45, 7) is 2.20. The zero-order chi connectivity index (χ0) is 18.2. The predicted molar refractivity (Wildman–Crippen MR) is 101 cm³/mol. The molecule has 3 rings (SSSR count). The van der Waals surface area contributed by atoms with Gasteiger partial charge in [-0.2, -0.15) is 4.31 Å². The number of benzene rings is 1. The van der Waals surface area contributed by atoms with Crippen LogP contribution >= 0.6 is 34.5 Å². The van der Waals surface area contributed by atoms with Gasteiger partial charge in [-0.05, 0) is 49.6 Å². The topological polar surface area (TPSA) is 66.5 Å². The third kappa shape index (κ3) is 3.85. The second-order valence-electron chi connectivity index (χ2n) is 5.80. The molecule has 1 aliphatic rings. The summed E-state index contributed by atoms with van der Waals surface area (Å²) in [5, 5.41) is 3.16. The van der Waals surface area contributed by atoms with E-state index < -0.39 is 16.1 Å². The molecule has 0 radical (unpaired) electrons. The second-order valence-corrected chi connectivity index (χ2v) is 10.0. The minimum Gasteiger partial charge on any atom is -0.323 e. The number of sulfonamides is 1. The molecule has 1 saturated heterocycles. The van der Waals surface area contributed by atoms with Crippen LogP contribution in [0.2, 0.25) is 9.36 Å². The van der Waals surface area contributed by atoms with E-state index in [9.17, 15) is 13.2 Å². The number of aryl methyl sites for hydroxylation is 1. The molecule has 5 nitrogen and oxygen atoms in total. The van der Waals surface area contributed by atoms with Crippen LogP contribution in [0, 0.1) is 6.92 Å². The molecule has 0 spiro atoms. The van der Waals surface area contributed by atoms with Crippen LogP contribution in [0.25, 0.3) is 0 Å². The lowest BCUT2D eigenvalue weighted by Gasteiger charge is -2.23. The zero-order valence-electron chi connectivity index (χ0n) is 13.3. The van der Waals surface area contributed by atoms with E-state index in [0.717, 1.165) is 16.9 Å². The number of anilines is 1. The van der Waals surface area contributed by atoms with Crippen molar-refractivity contribution in [3.05, 3.63) is 45.3 Å². The van der Waals surface area contributed by atoms with Crippen LogP contribution in [-0.4, -0.2) is 31.2 Å². The Hall–Kier alpha value is -1.12. The summed E-state index contributed by atoms with van der Waals surface area (Å²) in [6, 6.07) is 7.53. The van der Waals surface area contributed by atoms with Gasteiger partial charge in [0.05, 0.1) is 15.0 Å². The van der Waals surface area contributed by atoms with Crippen LogP contribution in [0.3, 0.4) is 0 Å². The van der Waals surface area contributed by atoms with E-state index in [0.29, 0.717) is 34.4 Å².